The SMILES string of the molecule is CC(C)(C)c1cc2c3c(c1)N(c1cc(-c4cc5ccccc5s4)ccc1-c1ccccc1)c1c(oc4ccc(C(C)(C)C)cc14)B3c1oc3ccc(C(C)(C)C)cc3c1N2c1cc(-c2cc3ccccc3s2)ccc1-c1ccccc1. The lowest BCUT2D eigenvalue weighted by atomic mass is 9.37. The monoisotopic (exact) mass is 1080 g/mol. The van der Waals surface area contributed by atoms with Crippen LogP contribution in [0.4, 0.5) is 34.1 Å². The molecule has 7 heteroatoms. The largest absolute Gasteiger partial charge is 0.468 e. The standard InChI is InChI=1S/C74H61BN2O2S2/c1-72(2,3)50-30-34-61-55(40-50)68-70(78-61)75-67-59(76(68)57-36-48(28-32-53(57)44-20-12-10-13-21-44)65-38-46-24-16-18-26-63(46)80-65)42-52(74(7,8)9)43-60(67)77(69-56-41-51(73(4,5)6)31-35-62(56)79-71(69)75)58-37-49(29-33-54(58)45-22-14-11-15-23-45)66-39-47-25-17-19-27-64(47)81-66/h10-43H,1-9H3. The lowest BCUT2D eigenvalue weighted by Crippen LogP contribution is -2.60. The molecule has 0 saturated carbocycles. The summed E-state index contributed by atoms with van der Waals surface area (Å²) >= 11 is 3.70. The maximum Gasteiger partial charge on any atom is 0.342 e. The summed E-state index contributed by atoms with van der Waals surface area (Å²) in [5, 5.41) is 4.66. The molecule has 0 amide bonds. The van der Waals surface area contributed by atoms with E-state index in [9.17, 15) is 0 Å². The molecule has 6 heterocycles. The van der Waals surface area contributed by atoms with Crippen LogP contribution in [0.1, 0.15) is 79.0 Å². The Bertz CT molecular complexity index is 4320. The average molecular weight is 1090 g/mol. The van der Waals surface area contributed by atoms with Crippen molar-refractivity contribution >= 4 is 122 Å². The number of rotatable bonds is 6. The fourth-order valence-corrected chi connectivity index (χ4v) is 14.7. The van der Waals surface area contributed by atoms with Crippen LogP contribution in [-0.2, 0) is 16.2 Å². The third-order valence-corrected chi connectivity index (χ3v) is 19.2. The first-order chi connectivity index (χ1) is 39.0. The Kier molecular flexibility index (Phi) is 11.1. The van der Waals surface area contributed by atoms with E-state index >= 15 is 0 Å². The lowest BCUT2D eigenvalue weighted by molar-refractivity contribution is 0.590. The fourth-order valence-electron chi connectivity index (χ4n) is 12.5. The molecule has 394 valence electrons. The van der Waals surface area contributed by atoms with Gasteiger partial charge >= 0.3 is 6.71 Å². The second-order valence-corrected chi connectivity index (χ2v) is 27.5. The van der Waals surface area contributed by atoms with E-state index in [0.717, 1.165) is 95.1 Å². The maximum atomic E-state index is 7.61. The summed E-state index contributed by atoms with van der Waals surface area (Å²) < 4.78 is 17.8. The van der Waals surface area contributed by atoms with Crippen molar-refractivity contribution in [3.05, 3.63) is 223 Å². The molecule has 0 unspecified atom stereocenters. The first kappa shape index (κ1) is 49.7. The Morgan fingerprint density at radius 3 is 1.17 bits per heavy atom. The quantitative estimate of drug-likeness (QED) is 0.155. The maximum absolute atomic E-state index is 7.61. The highest BCUT2D eigenvalue weighted by Crippen LogP contribution is 2.54. The van der Waals surface area contributed by atoms with Crippen LogP contribution >= 0.6 is 22.7 Å². The number of fused-ring (bicyclic) bond motifs is 10. The van der Waals surface area contributed by atoms with Crippen molar-refractivity contribution < 1.29 is 8.83 Å². The molecule has 0 radical (unpaired) electrons. The van der Waals surface area contributed by atoms with Gasteiger partial charge in [-0.15, -0.1) is 22.7 Å². The topological polar surface area (TPSA) is 32.8 Å². The van der Waals surface area contributed by atoms with Gasteiger partial charge in [0.05, 0.1) is 22.7 Å². The van der Waals surface area contributed by atoms with Crippen LogP contribution in [0, 0.1) is 0 Å². The van der Waals surface area contributed by atoms with Crippen molar-refractivity contribution in [2.75, 3.05) is 9.80 Å². The Hall–Kier alpha value is -8.36. The van der Waals surface area contributed by atoms with Crippen LogP contribution in [0.3, 0.4) is 0 Å². The molecule has 2 aliphatic heterocycles. The first-order valence-electron chi connectivity index (χ1n) is 28.3. The third-order valence-electron chi connectivity index (χ3n) is 16.9. The lowest BCUT2D eigenvalue weighted by Gasteiger charge is -2.42. The van der Waals surface area contributed by atoms with Crippen LogP contribution < -0.4 is 26.6 Å². The number of anilines is 6. The molecular formula is C74H61BN2O2S2. The van der Waals surface area contributed by atoms with Gasteiger partial charge in [-0.2, -0.15) is 0 Å². The average Bonchev–Trinajstić information content (AvgIpc) is 3.64. The zero-order valence-corrected chi connectivity index (χ0v) is 48.9. The van der Waals surface area contributed by atoms with Crippen molar-refractivity contribution in [3.63, 3.8) is 0 Å². The molecule has 0 saturated heterocycles. The van der Waals surface area contributed by atoms with E-state index in [2.05, 4.69) is 278 Å². The molecular weight excluding hydrogens is 1020 g/mol. The minimum absolute atomic E-state index is 0.124. The molecule has 0 atom stereocenters. The predicted octanol–water partition coefficient (Wildman–Crippen LogP) is 20.3. The summed E-state index contributed by atoms with van der Waals surface area (Å²) in [6, 6.07) is 77.0. The molecule has 15 rings (SSSR count). The molecule has 2 aliphatic rings. The molecule has 9 aromatic carbocycles. The zero-order valence-electron chi connectivity index (χ0n) is 47.2. The molecule has 4 nitrogen and oxygen atoms in total. The fraction of sp³-hybridized carbons (Fsp3) is 0.162. The number of furan rings is 2. The van der Waals surface area contributed by atoms with Gasteiger partial charge < -0.3 is 18.6 Å². The van der Waals surface area contributed by atoms with Crippen molar-refractivity contribution in [1.29, 1.82) is 0 Å². The van der Waals surface area contributed by atoms with Gasteiger partial charge in [-0.05, 0) is 144 Å². The van der Waals surface area contributed by atoms with Gasteiger partial charge in [-0.3, -0.25) is 0 Å². The van der Waals surface area contributed by atoms with Crippen LogP contribution in [-0.4, -0.2) is 6.71 Å². The van der Waals surface area contributed by atoms with Gasteiger partial charge in [-0.25, -0.2) is 0 Å². The van der Waals surface area contributed by atoms with Crippen molar-refractivity contribution in [2.24, 2.45) is 0 Å². The second kappa shape index (κ2) is 18.1. The minimum Gasteiger partial charge on any atom is -0.468 e. The van der Waals surface area contributed by atoms with Gasteiger partial charge in [0.25, 0.3) is 0 Å². The Morgan fingerprint density at radius 2 is 0.765 bits per heavy atom. The number of nitrogens with zero attached hydrogens (tertiary/aromatic N) is 2. The van der Waals surface area contributed by atoms with Crippen LogP contribution in [0.15, 0.2) is 215 Å². The molecule has 0 aliphatic carbocycles. The molecule has 81 heavy (non-hydrogen) atoms. The Labute approximate surface area is 482 Å². The summed E-state index contributed by atoms with van der Waals surface area (Å²) in [4.78, 5) is 7.63. The zero-order chi connectivity index (χ0) is 55.3. The van der Waals surface area contributed by atoms with E-state index in [1.807, 2.05) is 22.7 Å². The van der Waals surface area contributed by atoms with E-state index < -0.39 is 6.71 Å². The van der Waals surface area contributed by atoms with Crippen LogP contribution in [0.5, 0.6) is 0 Å². The third kappa shape index (κ3) is 8.06. The van der Waals surface area contributed by atoms with Gasteiger partial charge in [-0.1, -0.05) is 196 Å². The van der Waals surface area contributed by atoms with Crippen LogP contribution in [0.2, 0.25) is 0 Å². The van der Waals surface area contributed by atoms with Gasteiger partial charge in [0.15, 0.2) is 0 Å². The van der Waals surface area contributed by atoms with Crippen LogP contribution in [0.25, 0.3) is 85.2 Å². The predicted molar refractivity (Wildman–Crippen MR) is 349 cm³/mol. The second-order valence-electron chi connectivity index (χ2n) is 25.3. The summed E-state index contributed by atoms with van der Waals surface area (Å²) in [5.41, 5.74) is 21.2. The number of benzene rings is 9. The highest BCUT2D eigenvalue weighted by molar-refractivity contribution is 7.22. The first-order valence-corrected chi connectivity index (χ1v) is 30.0. The normalized spacial score (nSPS) is 13.4. The minimum atomic E-state index is -0.408. The Morgan fingerprint density at radius 1 is 0.358 bits per heavy atom. The van der Waals surface area contributed by atoms with Gasteiger partial charge in [0.1, 0.15) is 22.5 Å². The van der Waals surface area contributed by atoms with Gasteiger partial charge in [0, 0.05) is 52.4 Å². The van der Waals surface area contributed by atoms with Crippen molar-refractivity contribution in [1.82, 2.24) is 0 Å². The molecule has 4 aromatic heterocycles. The summed E-state index contributed by atoms with van der Waals surface area (Å²) in [5.74, 6) is 0. The molecule has 13 aromatic rings. The van der Waals surface area contributed by atoms with Gasteiger partial charge in [0.2, 0.25) is 0 Å². The number of hydrogen-bond donors (Lipinski definition) is 0. The van der Waals surface area contributed by atoms with Crippen molar-refractivity contribution in [2.45, 2.75) is 78.6 Å². The highest BCUT2D eigenvalue weighted by Gasteiger charge is 2.51. The number of hydrogen-bond acceptors (Lipinski definition) is 6. The summed E-state index contributed by atoms with van der Waals surface area (Å²) in [6.45, 7) is 20.5. The van der Waals surface area contributed by atoms with E-state index in [0.29, 0.717) is 0 Å². The Balaban J connectivity index is 1.11. The molecule has 0 N–H and O–H groups in total. The summed E-state index contributed by atoms with van der Waals surface area (Å²) in [7, 11) is 0. The smallest absolute Gasteiger partial charge is 0.342 e. The van der Waals surface area contributed by atoms with Crippen molar-refractivity contribution in [3.8, 4) is 43.1 Å². The molecule has 0 spiro atoms. The molecule has 0 fully saturated rings. The van der Waals surface area contributed by atoms with E-state index in [1.54, 1.807) is 0 Å². The van der Waals surface area contributed by atoms with E-state index in [-0.39, 0.29) is 16.2 Å². The number of thiophene rings is 2. The summed E-state index contributed by atoms with van der Waals surface area (Å²) in [6.07, 6.45) is 0. The van der Waals surface area contributed by atoms with E-state index in [4.69, 9.17) is 8.83 Å². The highest BCUT2D eigenvalue weighted by atomic mass is 32.1. The van der Waals surface area contributed by atoms with E-state index in [1.165, 1.54) is 57.7 Å². The molecule has 0 bridgehead atoms.